The van der Waals surface area contributed by atoms with Gasteiger partial charge in [0, 0.05) is 12.1 Å². The number of methoxy groups -OCH3 is 1. The standard InChI is InChI=1S/C17H18N4O7S/c1-11(20-29(26,27)14-6-4-13(5-7-14)21(24)25)17(23)19-18-10-12-3-8-15(22)16(9-12)28-2/h3-11,20,22H,1-2H3,(H,19,23). The molecular weight excluding hydrogens is 404 g/mol. The van der Waals surface area contributed by atoms with Gasteiger partial charge in [0.1, 0.15) is 0 Å². The maximum absolute atomic E-state index is 12.3. The Hall–Kier alpha value is -3.51. The second-order valence-corrected chi connectivity index (χ2v) is 7.47. The van der Waals surface area contributed by atoms with E-state index in [1.165, 1.54) is 38.4 Å². The van der Waals surface area contributed by atoms with E-state index in [1.807, 2.05) is 0 Å². The highest BCUT2D eigenvalue weighted by Gasteiger charge is 2.22. The molecule has 0 saturated heterocycles. The summed E-state index contributed by atoms with van der Waals surface area (Å²) < 4.78 is 31.7. The second kappa shape index (κ2) is 9.12. The number of aromatic hydroxyl groups is 1. The zero-order chi connectivity index (χ0) is 21.6. The lowest BCUT2D eigenvalue weighted by Gasteiger charge is -2.12. The maximum atomic E-state index is 12.3. The molecule has 2 rings (SSSR count). The fourth-order valence-corrected chi connectivity index (χ4v) is 3.35. The molecule has 1 unspecified atom stereocenters. The highest BCUT2D eigenvalue weighted by atomic mass is 32.2. The van der Waals surface area contributed by atoms with Crippen molar-refractivity contribution in [1.82, 2.24) is 10.1 Å². The average Bonchev–Trinajstić information content (AvgIpc) is 2.68. The van der Waals surface area contributed by atoms with Crippen LogP contribution < -0.4 is 14.9 Å². The van der Waals surface area contributed by atoms with Gasteiger partial charge >= 0.3 is 0 Å². The molecule has 2 aromatic rings. The third-order valence-corrected chi connectivity index (χ3v) is 5.23. The minimum atomic E-state index is -4.07. The molecule has 3 N–H and O–H groups in total. The first kappa shape index (κ1) is 21.8. The summed E-state index contributed by atoms with van der Waals surface area (Å²) in [6, 6.07) is 7.50. The van der Waals surface area contributed by atoms with Crippen LogP contribution in [0.2, 0.25) is 0 Å². The largest absolute Gasteiger partial charge is 0.504 e. The van der Waals surface area contributed by atoms with Gasteiger partial charge in [0.15, 0.2) is 11.5 Å². The molecule has 0 fully saturated rings. The van der Waals surface area contributed by atoms with Gasteiger partial charge in [-0.15, -0.1) is 0 Å². The first-order chi connectivity index (χ1) is 13.6. The fourth-order valence-electron chi connectivity index (χ4n) is 2.14. The molecule has 0 saturated carbocycles. The number of amides is 1. The predicted octanol–water partition coefficient (Wildman–Crippen LogP) is 1.13. The van der Waals surface area contributed by atoms with Crippen LogP contribution in [0.15, 0.2) is 52.5 Å². The number of sulfonamides is 1. The Labute approximate surface area is 166 Å². The summed E-state index contributed by atoms with van der Waals surface area (Å²) >= 11 is 0. The number of hydrogen-bond acceptors (Lipinski definition) is 8. The van der Waals surface area contributed by atoms with Gasteiger partial charge in [0.25, 0.3) is 11.6 Å². The van der Waals surface area contributed by atoms with Crippen molar-refractivity contribution in [2.75, 3.05) is 7.11 Å². The van der Waals surface area contributed by atoms with Crippen molar-refractivity contribution in [3.8, 4) is 11.5 Å². The number of nitro benzene ring substituents is 1. The summed E-state index contributed by atoms with van der Waals surface area (Å²) in [6.45, 7) is 1.32. The second-order valence-electron chi connectivity index (χ2n) is 5.76. The molecular formula is C17H18N4O7S. The molecule has 12 heteroatoms. The number of carbonyl (C=O) groups excluding carboxylic acids is 1. The van der Waals surface area contributed by atoms with Gasteiger partial charge in [-0.25, -0.2) is 13.8 Å². The Kier molecular flexibility index (Phi) is 6.85. The maximum Gasteiger partial charge on any atom is 0.269 e. The number of hydrogen-bond donors (Lipinski definition) is 3. The van der Waals surface area contributed by atoms with Crippen molar-refractivity contribution in [3.63, 3.8) is 0 Å². The Morgan fingerprint density at radius 3 is 2.52 bits per heavy atom. The topological polar surface area (TPSA) is 160 Å². The third kappa shape index (κ3) is 5.73. The molecule has 29 heavy (non-hydrogen) atoms. The molecule has 0 spiro atoms. The predicted molar refractivity (Wildman–Crippen MR) is 103 cm³/mol. The van der Waals surface area contributed by atoms with Gasteiger partial charge in [-0.2, -0.15) is 9.82 Å². The Morgan fingerprint density at radius 1 is 1.28 bits per heavy atom. The van der Waals surface area contributed by atoms with Crippen LogP contribution in [0.3, 0.4) is 0 Å². The van der Waals surface area contributed by atoms with Crippen LogP contribution in [0.25, 0.3) is 0 Å². The summed E-state index contributed by atoms with van der Waals surface area (Å²) in [5.74, 6) is -0.551. The van der Waals surface area contributed by atoms with Gasteiger partial charge < -0.3 is 9.84 Å². The molecule has 0 bridgehead atoms. The number of rotatable bonds is 8. The van der Waals surface area contributed by atoms with Crippen LogP contribution >= 0.6 is 0 Å². The highest BCUT2D eigenvalue weighted by Crippen LogP contribution is 2.25. The first-order valence-corrected chi connectivity index (χ1v) is 9.59. The number of nitrogens with one attached hydrogen (secondary N) is 2. The SMILES string of the molecule is COc1cc(C=NNC(=O)C(C)NS(=O)(=O)c2ccc([N+](=O)[O-])cc2)ccc1O. The minimum Gasteiger partial charge on any atom is -0.504 e. The smallest absolute Gasteiger partial charge is 0.269 e. The number of nitrogens with zero attached hydrogens (tertiary/aromatic N) is 2. The van der Waals surface area contributed by atoms with E-state index >= 15 is 0 Å². The van der Waals surface area contributed by atoms with E-state index in [4.69, 9.17) is 4.74 Å². The number of phenolic OH excluding ortho intramolecular Hbond substituents is 1. The number of benzene rings is 2. The summed E-state index contributed by atoms with van der Waals surface area (Å²) in [5, 5.41) is 23.9. The average molecular weight is 422 g/mol. The van der Waals surface area contributed by atoms with Crippen molar-refractivity contribution >= 4 is 27.8 Å². The van der Waals surface area contributed by atoms with Gasteiger partial charge in [-0.1, -0.05) is 0 Å². The molecule has 0 aliphatic heterocycles. The van der Waals surface area contributed by atoms with Crippen molar-refractivity contribution < 1.29 is 28.0 Å². The van der Waals surface area contributed by atoms with Crippen LogP contribution in [0.4, 0.5) is 5.69 Å². The molecule has 0 radical (unpaired) electrons. The Balaban J connectivity index is 1.99. The summed E-state index contributed by atoms with van der Waals surface area (Å²) in [6.07, 6.45) is 1.29. The number of phenols is 1. The molecule has 2 aromatic carbocycles. The third-order valence-electron chi connectivity index (χ3n) is 3.68. The van der Waals surface area contributed by atoms with E-state index in [9.17, 15) is 28.4 Å². The van der Waals surface area contributed by atoms with Crippen LogP contribution in [0.1, 0.15) is 12.5 Å². The first-order valence-electron chi connectivity index (χ1n) is 8.11. The Bertz CT molecular complexity index is 1040. The van der Waals surface area contributed by atoms with E-state index in [0.717, 1.165) is 24.3 Å². The van der Waals surface area contributed by atoms with E-state index in [0.29, 0.717) is 5.56 Å². The van der Waals surface area contributed by atoms with Crippen LogP contribution in [0, 0.1) is 10.1 Å². The number of hydrazone groups is 1. The summed E-state index contributed by atoms with van der Waals surface area (Å²) in [5.41, 5.74) is 2.46. The number of nitro groups is 1. The summed E-state index contributed by atoms with van der Waals surface area (Å²) in [4.78, 5) is 21.8. The lowest BCUT2D eigenvalue weighted by Crippen LogP contribution is -2.43. The zero-order valence-corrected chi connectivity index (χ0v) is 16.2. The molecule has 11 nitrogen and oxygen atoms in total. The van der Waals surface area contributed by atoms with Crippen molar-refractivity contribution in [3.05, 3.63) is 58.1 Å². The molecule has 0 aliphatic carbocycles. The number of non-ortho nitro benzene ring substituents is 1. The quantitative estimate of drug-likeness (QED) is 0.326. The highest BCUT2D eigenvalue weighted by molar-refractivity contribution is 7.89. The van der Waals surface area contributed by atoms with Gasteiger partial charge in [0.2, 0.25) is 10.0 Å². The molecule has 0 aliphatic rings. The minimum absolute atomic E-state index is 0.0528. The van der Waals surface area contributed by atoms with Crippen molar-refractivity contribution in [2.45, 2.75) is 17.9 Å². The van der Waals surface area contributed by atoms with Gasteiger partial charge in [-0.3, -0.25) is 14.9 Å². The lowest BCUT2D eigenvalue weighted by atomic mass is 10.2. The fraction of sp³-hybridized carbons (Fsp3) is 0.176. The molecule has 154 valence electrons. The van der Waals surface area contributed by atoms with Gasteiger partial charge in [0.05, 0.1) is 29.2 Å². The zero-order valence-electron chi connectivity index (χ0n) is 15.4. The summed E-state index contributed by atoms with van der Waals surface area (Å²) in [7, 11) is -2.68. The van der Waals surface area contributed by atoms with E-state index < -0.39 is 26.9 Å². The molecule has 1 atom stereocenters. The number of carbonyl (C=O) groups is 1. The van der Waals surface area contributed by atoms with Gasteiger partial charge in [-0.05, 0) is 42.8 Å². The number of ether oxygens (including phenoxy) is 1. The monoisotopic (exact) mass is 422 g/mol. The lowest BCUT2D eigenvalue weighted by molar-refractivity contribution is -0.384. The molecule has 1 amide bonds. The van der Waals surface area contributed by atoms with Crippen LogP contribution in [-0.4, -0.2) is 43.7 Å². The molecule has 0 heterocycles. The van der Waals surface area contributed by atoms with Crippen LogP contribution in [0.5, 0.6) is 11.5 Å². The van der Waals surface area contributed by atoms with Crippen molar-refractivity contribution in [1.29, 1.82) is 0 Å². The van der Waals surface area contributed by atoms with E-state index in [2.05, 4.69) is 15.2 Å². The van der Waals surface area contributed by atoms with Crippen LogP contribution in [-0.2, 0) is 14.8 Å². The van der Waals surface area contributed by atoms with Crippen molar-refractivity contribution in [2.24, 2.45) is 5.10 Å². The normalized spacial score (nSPS) is 12.5. The molecule has 0 aromatic heterocycles. The van der Waals surface area contributed by atoms with E-state index in [-0.39, 0.29) is 22.1 Å². The van der Waals surface area contributed by atoms with E-state index in [1.54, 1.807) is 0 Å². The Morgan fingerprint density at radius 2 is 1.93 bits per heavy atom.